The van der Waals surface area contributed by atoms with E-state index >= 15 is 0 Å². The van der Waals surface area contributed by atoms with E-state index < -0.39 is 0 Å². The van der Waals surface area contributed by atoms with Gasteiger partial charge in [0.2, 0.25) is 0 Å². The molecule has 0 aliphatic carbocycles. The van der Waals surface area contributed by atoms with E-state index in [2.05, 4.69) is 15.0 Å². The molecule has 0 aliphatic rings. The smallest absolute Gasteiger partial charge is 0.117 e. The summed E-state index contributed by atoms with van der Waals surface area (Å²) >= 11 is 1.53. The van der Waals surface area contributed by atoms with Gasteiger partial charge in [0.25, 0.3) is 0 Å². The number of para-hydroxylation sites is 1. The first-order valence-electron chi connectivity index (χ1n) is 6.34. The fourth-order valence-corrected chi connectivity index (χ4v) is 3.04. The first-order valence-corrected chi connectivity index (χ1v) is 7.15. The van der Waals surface area contributed by atoms with Crippen LogP contribution in [0.3, 0.4) is 0 Å². The maximum absolute atomic E-state index is 5.99. The minimum absolute atomic E-state index is 0.0562. The molecule has 1 aromatic carbocycles. The largest absolute Gasteiger partial charge is 0.324 e. The van der Waals surface area contributed by atoms with Crippen LogP contribution in [-0.4, -0.2) is 15.0 Å². The lowest BCUT2D eigenvalue weighted by atomic mass is 10.2. The van der Waals surface area contributed by atoms with E-state index in [9.17, 15) is 0 Å². The van der Waals surface area contributed by atoms with Crippen molar-refractivity contribution in [3.8, 4) is 0 Å². The average Bonchev–Trinajstić information content (AvgIpc) is 2.48. The minimum atomic E-state index is -0.0562. The zero-order chi connectivity index (χ0) is 13.9. The Kier molecular flexibility index (Phi) is 3.62. The van der Waals surface area contributed by atoms with Crippen molar-refractivity contribution in [1.82, 2.24) is 15.0 Å². The molecule has 0 fully saturated rings. The van der Waals surface area contributed by atoms with Crippen molar-refractivity contribution in [3.63, 3.8) is 0 Å². The number of hydrogen-bond donors (Lipinski definition) is 1. The van der Waals surface area contributed by atoms with Gasteiger partial charge in [0.15, 0.2) is 0 Å². The van der Waals surface area contributed by atoms with Crippen LogP contribution in [0.2, 0.25) is 0 Å². The number of benzene rings is 1. The van der Waals surface area contributed by atoms with Crippen LogP contribution < -0.4 is 5.73 Å². The Bertz CT molecular complexity index is 737. The molecule has 1 atom stereocenters. The van der Waals surface area contributed by atoms with Gasteiger partial charge in [-0.3, -0.25) is 0 Å². The zero-order valence-corrected chi connectivity index (χ0v) is 11.8. The number of hydrogen-bond acceptors (Lipinski definition) is 5. The van der Waals surface area contributed by atoms with Gasteiger partial charge in [-0.1, -0.05) is 24.3 Å². The second kappa shape index (κ2) is 5.56. The van der Waals surface area contributed by atoms with Crippen LogP contribution in [0.5, 0.6) is 0 Å². The van der Waals surface area contributed by atoms with Gasteiger partial charge >= 0.3 is 0 Å². The van der Waals surface area contributed by atoms with E-state index in [4.69, 9.17) is 5.73 Å². The predicted molar refractivity (Wildman–Crippen MR) is 80.5 cm³/mol. The molecule has 0 saturated heterocycles. The van der Waals surface area contributed by atoms with Crippen molar-refractivity contribution in [3.05, 3.63) is 54.5 Å². The van der Waals surface area contributed by atoms with Crippen LogP contribution in [0.4, 0.5) is 0 Å². The molecule has 1 unspecified atom stereocenters. The molecular formula is C15H14N4S. The van der Waals surface area contributed by atoms with E-state index in [-0.39, 0.29) is 6.04 Å². The Morgan fingerprint density at radius 3 is 2.70 bits per heavy atom. The molecule has 0 aliphatic heterocycles. The highest BCUT2D eigenvalue weighted by molar-refractivity contribution is 7.99. The molecule has 0 bridgehead atoms. The van der Waals surface area contributed by atoms with Gasteiger partial charge in [-0.25, -0.2) is 15.0 Å². The molecule has 2 aromatic heterocycles. The maximum atomic E-state index is 5.99. The fraction of sp³-hybridized carbons (Fsp3) is 0.133. The van der Waals surface area contributed by atoms with Crippen LogP contribution in [-0.2, 0) is 0 Å². The molecule has 3 rings (SSSR count). The third-order valence-corrected chi connectivity index (χ3v) is 4.04. The Labute approximate surface area is 121 Å². The predicted octanol–water partition coefficient (Wildman–Crippen LogP) is 3.20. The summed E-state index contributed by atoms with van der Waals surface area (Å²) in [4.78, 5) is 13.1. The van der Waals surface area contributed by atoms with Gasteiger partial charge in [-0.15, -0.1) is 0 Å². The number of nitrogens with two attached hydrogens (primary N) is 1. The molecule has 0 radical (unpaired) electrons. The van der Waals surface area contributed by atoms with Gasteiger partial charge in [-0.2, -0.15) is 0 Å². The molecule has 100 valence electrons. The van der Waals surface area contributed by atoms with Crippen molar-refractivity contribution in [1.29, 1.82) is 0 Å². The normalized spacial score (nSPS) is 12.5. The van der Waals surface area contributed by atoms with E-state index in [1.807, 2.05) is 43.3 Å². The molecule has 2 N–H and O–H groups in total. The summed E-state index contributed by atoms with van der Waals surface area (Å²) in [6, 6.07) is 11.8. The summed E-state index contributed by atoms with van der Waals surface area (Å²) in [5.74, 6) is 0. The summed E-state index contributed by atoms with van der Waals surface area (Å²) in [5, 5.41) is 2.82. The molecular weight excluding hydrogens is 268 g/mol. The summed E-state index contributed by atoms with van der Waals surface area (Å²) < 4.78 is 0. The fourth-order valence-electron chi connectivity index (χ4n) is 1.99. The Morgan fingerprint density at radius 1 is 1.00 bits per heavy atom. The highest BCUT2D eigenvalue weighted by atomic mass is 32.2. The van der Waals surface area contributed by atoms with E-state index in [1.54, 1.807) is 12.5 Å². The second-order valence-electron chi connectivity index (χ2n) is 4.48. The summed E-state index contributed by atoms with van der Waals surface area (Å²) in [5.41, 5.74) is 7.96. The first-order chi connectivity index (χ1) is 9.75. The van der Waals surface area contributed by atoms with Crippen molar-refractivity contribution in [2.75, 3.05) is 0 Å². The topological polar surface area (TPSA) is 64.7 Å². The number of nitrogens with zero attached hydrogens (tertiary/aromatic N) is 3. The highest BCUT2D eigenvalue weighted by Gasteiger charge is 2.12. The van der Waals surface area contributed by atoms with Crippen LogP contribution >= 0.6 is 11.8 Å². The summed E-state index contributed by atoms with van der Waals surface area (Å²) in [6.45, 7) is 1.96. The van der Waals surface area contributed by atoms with Crippen LogP contribution in [0.1, 0.15) is 18.5 Å². The second-order valence-corrected chi connectivity index (χ2v) is 5.46. The van der Waals surface area contributed by atoms with Crippen molar-refractivity contribution in [2.45, 2.75) is 23.0 Å². The lowest BCUT2D eigenvalue weighted by Gasteiger charge is -2.11. The third kappa shape index (κ3) is 2.50. The van der Waals surface area contributed by atoms with Gasteiger partial charge in [0, 0.05) is 23.2 Å². The van der Waals surface area contributed by atoms with E-state index in [1.165, 1.54) is 11.8 Å². The lowest BCUT2D eigenvalue weighted by molar-refractivity contribution is 0.779. The quantitative estimate of drug-likeness (QED) is 0.747. The maximum Gasteiger partial charge on any atom is 0.117 e. The molecule has 4 nitrogen and oxygen atoms in total. The van der Waals surface area contributed by atoms with Crippen molar-refractivity contribution >= 4 is 22.7 Å². The molecule has 20 heavy (non-hydrogen) atoms. The monoisotopic (exact) mass is 282 g/mol. The third-order valence-electron chi connectivity index (χ3n) is 2.99. The van der Waals surface area contributed by atoms with E-state index in [0.717, 1.165) is 26.5 Å². The minimum Gasteiger partial charge on any atom is -0.324 e. The first kappa shape index (κ1) is 13.0. The molecule has 2 heterocycles. The number of pyridine rings is 1. The van der Waals surface area contributed by atoms with Gasteiger partial charge in [0.05, 0.1) is 5.52 Å². The molecule has 0 spiro atoms. The lowest BCUT2D eigenvalue weighted by Crippen LogP contribution is -2.07. The Morgan fingerprint density at radius 2 is 1.85 bits per heavy atom. The standard InChI is InChI=1S/C15H14N4S/c1-10(16)11-6-4-8-17-14(11)20-15-12-5-2-3-7-13(12)18-9-19-15/h2-10H,16H2,1H3. The van der Waals surface area contributed by atoms with E-state index in [0.29, 0.717) is 0 Å². The Balaban J connectivity index is 2.06. The molecule has 3 aromatic rings. The number of aromatic nitrogens is 3. The SMILES string of the molecule is CC(N)c1cccnc1Sc1ncnc2ccccc12. The molecule has 0 saturated carbocycles. The number of fused-ring (bicyclic) bond motifs is 1. The highest BCUT2D eigenvalue weighted by Crippen LogP contribution is 2.33. The summed E-state index contributed by atoms with van der Waals surface area (Å²) in [6.07, 6.45) is 3.36. The Hall–Kier alpha value is -1.98. The molecule has 5 heteroatoms. The van der Waals surface area contributed by atoms with Crippen molar-refractivity contribution < 1.29 is 0 Å². The van der Waals surface area contributed by atoms with Crippen molar-refractivity contribution in [2.24, 2.45) is 5.73 Å². The summed E-state index contributed by atoms with van der Waals surface area (Å²) in [7, 11) is 0. The van der Waals surface area contributed by atoms with Crippen LogP contribution in [0.15, 0.2) is 59.0 Å². The van der Waals surface area contributed by atoms with Gasteiger partial charge in [-0.05, 0) is 30.8 Å². The van der Waals surface area contributed by atoms with Crippen LogP contribution in [0, 0.1) is 0 Å². The average molecular weight is 282 g/mol. The van der Waals surface area contributed by atoms with Gasteiger partial charge in [0.1, 0.15) is 16.4 Å². The molecule has 0 amide bonds. The number of rotatable bonds is 3. The van der Waals surface area contributed by atoms with Crippen LogP contribution in [0.25, 0.3) is 10.9 Å². The zero-order valence-electron chi connectivity index (χ0n) is 11.0. The van der Waals surface area contributed by atoms with Gasteiger partial charge < -0.3 is 5.73 Å².